The minimum Gasteiger partial charge on any atom is -0.748 e. The zero-order valence-corrected chi connectivity index (χ0v) is 12.9. The highest BCUT2D eigenvalue weighted by Gasteiger charge is 2.23. The molecule has 0 bridgehead atoms. The molecular formula is C12H16NO6S2-. The van der Waals surface area contributed by atoms with Crippen molar-refractivity contribution in [3.63, 3.8) is 0 Å². The van der Waals surface area contributed by atoms with Crippen molar-refractivity contribution in [2.45, 2.75) is 6.10 Å². The van der Waals surface area contributed by atoms with Crippen LogP contribution < -0.4 is 0 Å². The fraction of sp³-hybridized carbons (Fsp3) is 0.583. The van der Waals surface area contributed by atoms with Gasteiger partial charge in [0.05, 0.1) is 29.1 Å². The van der Waals surface area contributed by atoms with Gasteiger partial charge in [0.15, 0.2) is 0 Å². The topological polar surface area (TPSA) is 96.0 Å². The van der Waals surface area contributed by atoms with Crippen LogP contribution in [0.15, 0.2) is 17.5 Å². The fourth-order valence-corrected chi connectivity index (χ4v) is 3.26. The first-order valence-electron chi connectivity index (χ1n) is 6.42. The number of thiophene rings is 1. The number of carbonyl (C=O) groups is 1. The molecule has 118 valence electrons. The summed E-state index contributed by atoms with van der Waals surface area (Å²) in [7, 11) is -4.47. The van der Waals surface area contributed by atoms with E-state index >= 15 is 0 Å². The highest BCUT2D eigenvalue weighted by Crippen LogP contribution is 2.13. The van der Waals surface area contributed by atoms with Gasteiger partial charge in [-0.2, -0.15) is 0 Å². The number of ether oxygens (including phenoxy) is 2. The highest BCUT2D eigenvalue weighted by atomic mass is 32.2. The third-order valence-corrected chi connectivity index (χ3v) is 4.58. The molecule has 0 amide bonds. The van der Waals surface area contributed by atoms with Crippen LogP contribution in [0.4, 0.5) is 0 Å². The van der Waals surface area contributed by atoms with Crippen LogP contribution in [0.3, 0.4) is 0 Å². The molecule has 1 fully saturated rings. The van der Waals surface area contributed by atoms with Gasteiger partial charge in [0.25, 0.3) is 0 Å². The normalized spacial score (nSPS) is 18.3. The van der Waals surface area contributed by atoms with Gasteiger partial charge in [-0.1, -0.05) is 6.07 Å². The standard InChI is InChI=1S/C12H17NO6S2/c14-12(11-2-1-7-20-11)19-10(9-21(15,16)17)8-13-3-5-18-6-4-13/h1-2,7,10H,3-6,8-9H2,(H,15,16,17)/p-1. The molecule has 1 aliphatic rings. The van der Waals surface area contributed by atoms with Crippen LogP contribution in [0, 0.1) is 0 Å². The third kappa shape index (κ3) is 5.71. The lowest BCUT2D eigenvalue weighted by Gasteiger charge is -2.30. The quantitative estimate of drug-likeness (QED) is 0.540. The van der Waals surface area contributed by atoms with E-state index in [-0.39, 0.29) is 6.54 Å². The van der Waals surface area contributed by atoms with Crippen molar-refractivity contribution >= 4 is 27.4 Å². The summed E-state index contributed by atoms with van der Waals surface area (Å²) in [6, 6.07) is 3.28. The average Bonchev–Trinajstić information content (AvgIpc) is 2.91. The van der Waals surface area contributed by atoms with Gasteiger partial charge in [-0.15, -0.1) is 11.3 Å². The van der Waals surface area contributed by atoms with Gasteiger partial charge in [-0.25, -0.2) is 13.2 Å². The minimum atomic E-state index is -4.47. The molecular weight excluding hydrogens is 318 g/mol. The molecule has 1 unspecified atom stereocenters. The van der Waals surface area contributed by atoms with Gasteiger partial charge in [-0.05, 0) is 11.4 Å². The molecule has 0 saturated carbocycles. The van der Waals surface area contributed by atoms with Crippen molar-refractivity contribution in [2.24, 2.45) is 0 Å². The number of rotatable bonds is 6. The maximum Gasteiger partial charge on any atom is 0.348 e. The molecule has 0 radical (unpaired) electrons. The molecule has 9 heteroatoms. The second-order valence-electron chi connectivity index (χ2n) is 4.64. The summed E-state index contributed by atoms with van der Waals surface area (Å²) in [5.41, 5.74) is 0. The predicted octanol–water partition coefficient (Wildman–Crippen LogP) is 0.151. The summed E-state index contributed by atoms with van der Waals surface area (Å²) in [6.07, 6.45) is -0.972. The van der Waals surface area contributed by atoms with E-state index in [4.69, 9.17) is 9.47 Å². The smallest absolute Gasteiger partial charge is 0.348 e. The van der Waals surface area contributed by atoms with E-state index in [1.165, 1.54) is 11.3 Å². The van der Waals surface area contributed by atoms with Gasteiger partial charge in [0.1, 0.15) is 11.0 Å². The number of esters is 1. The van der Waals surface area contributed by atoms with E-state index in [9.17, 15) is 17.8 Å². The van der Waals surface area contributed by atoms with Crippen molar-refractivity contribution in [1.82, 2.24) is 4.90 Å². The molecule has 0 aromatic carbocycles. The maximum atomic E-state index is 11.9. The maximum absolute atomic E-state index is 11.9. The van der Waals surface area contributed by atoms with Gasteiger partial charge in [0, 0.05) is 19.6 Å². The fourth-order valence-electron chi connectivity index (χ4n) is 2.03. The Morgan fingerprint density at radius 3 is 2.76 bits per heavy atom. The van der Waals surface area contributed by atoms with Crippen LogP contribution in [0.5, 0.6) is 0 Å². The summed E-state index contributed by atoms with van der Waals surface area (Å²) in [6.45, 7) is 2.52. The Morgan fingerprint density at radius 1 is 1.48 bits per heavy atom. The lowest BCUT2D eigenvalue weighted by Crippen LogP contribution is -2.44. The van der Waals surface area contributed by atoms with E-state index in [0.717, 1.165) is 0 Å². The minimum absolute atomic E-state index is 0.210. The number of carbonyl (C=O) groups excluding carboxylic acids is 1. The zero-order chi connectivity index (χ0) is 15.3. The van der Waals surface area contributed by atoms with Crippen LogP contribution in [-0.4, -0.2) is 68.5 Å². The highest BCUT2D eigenvalue weighted by molar-refractivity contribution is 7.85. The van der Waals surface area contributed by atoms with Crippen LogP contribution in [0.2, 0.25) is 0 Å². The Labute approximate surface area is 127 Å². The van der Waals surface area contributed by atoms with Crippen LogP contribution in [-0.2, 0) is 19.6 Å². The summed E-state index contributed by atoms with van der Waals surface area (Å²) in [4.78, 5) is 14.2. The molecule has 21 heavy (non-hydrogen) atoms. The molecule has 0 aliphatic carbocycles. The van der Waals surface area contributed by atoms with Crippen molar-refractivity contribution in [3.8, 4) is 0 Å². The van der Waals surface area contributed by atoms with E-state index < -0.39 is 27.9 Å². The van der Waals surface area contributed by atoms with Gasteiger partial charge < -0.3 is 14.0 Å². The Morgan fingerprint density at radius 2 is 2.19 bits per heavy atom. The summed E-state index contributed by atoms with van der Waals surface area (Å²) < 4.78 is 43.3. The molecule has 0 spiro atoms. The molecule has 7 nitrogen and oxygen atoms in total. The molecule has 1 aliphatic heterocycles. The molecule has 1 saturated heterocycles. The second kappa shape index (κ2) is 7.32. The zero-order valence-electron chi connectivity index (χ0n) is 11.3. The second-order valence-corrected chi connectivity index (χ2v) is 7.04. The monoisotopic (exact) mass is 334 g/mol. The van der Waals surface area contributed by atoms with E-state index in [2.05, 4.69) is 0 Å². The molecule has 0 N–H and O–H groups in total. The lowest BCUT2D eigenvalue weighted by atomic mass is 10.3. The van der Waals surface area contributed by atoms with Crippen molar-refractivity contribution in [2.75, 3.05) is 38.6 Å². The number of hydrogen-bond acceptors (Lipinski definition) is 8. The van der Waals surface area contributed by atoms with E-state index in [1.54, 1.807) is 17.5 Å². The van der Waals surface area contributed by atoms with Crippen molar-refractivity contribution in [3.05, 3.63) is 22.4 Å². The summed E-state index contributed by atoms with van der Waals surface area (Å²) in [5, 5.41) is 1.72. The molecule has 2 heterocycles. The first kappa shape index (κ1) is 16.4. The Kier molecular flexibility index (Phi) is 5.71. The van der Waals surface area contributed by atoms with Crippen LogP contribution >= 0.6 is 11.3 Å². The summed E-state index contributed by atoms with van der Waals surface area (Å²) >= 11 is 1.20. The number of hydrogen-bond donors (Lipinski definition) is 0. The largest absolute Gasteiger partial charge is 0.748 e. The molecule has 1 atom stereocenters. The number of morpholine rings is 1. The SMILES string of the molecule is O=C(OC(CN1CCOCC1)CS(=O)(=O)[O-])c1cccs1. The Balaban J connectivity index is 1.99. The third-order valence-electron chi connectivity index (χ3n) is 2.95. The van der Waals surface area contributed by atoms with E-state index in [1.807, 2.05) is 4.90 Å². The predicted molar refractivity (Wildman–Crippen MR) is 75.3 cm³/mol. The lowest BCUT2D eigenvalue weighted by molar-refractivity contribution is 0.00121. The molecule has 2 rings (SSSR count). The van der Waals surface area contributed by atoms with Crippen molar-refractivity contribution < 1.29 is 27.2 Å². The van der Waals surface area contributed by atoms with Gasteiger partial charge in [-0.3, -0.25) is 4.90 Å². The molecule has 1 aromatic rings. The Bertz CT molecular complexity index is 550. The molecule has 1 aromatic heterocycles. The van der Waals surface area contributed by atoms with Crippen molar-refractivity contribution in [1.29, 1.82) is 0 Å². The first-order valence-corrected chi connectivity index (χ1v) is 8.88. The van der Waals surface area contributed by atoms with Crippen LogP contribution in [0.25, 0.3) is 0 Å². The summed E-state index contributed by atoms with van der Waals surface area (Å²) in [5.74, 6) is -1.33. The van der Waals surface area contributed by atoms with E-state index in [0.29, 0.717) is 31.2 Å². The average molecular weight is 334 g/mol. The van der Waals surface area contributed by atoms with Crippen LogP contribution in [0.1, 0.15) is 9.67 Å². The first-order chi connectivity index (χ1) is 9.94. The Hall–Kier alpha value is -1.00. The van der Waals surface area contributed by atoms with Gasteiger partial charge >= 0.3 is 5.97 Å². The van der Waals surface area contributed by atoms with Gasteiger partial charge in [0.2, 0.25) is 0 Å². The number of nitrogens with zero attached hydrogens (tertiary/aromatic N) is 1.